The van der Waals surface area contributed by atoms with Crippen LogP contribution in [-0.4, -0.2) is 26.5 Å². The Morgan fingerprint density at radius 2 is 1.84 bits per heavy atom. The third-order valence-electron chi connectivity index (χ3n) is 5.68. The Hall–Kier alpha value is -2.61. The number of nitrogens with zero attached hydrogens (tertiary/aromatic N) is 1. The van der Waals surface area contributed by atoms with Crippen molar-refractivity contribution in [1.29, 1.82) is 0 Å². The van der Waals surface area contributed by atoms with Crippen LogP contribution in [0.3, 0.4) is 0 Å². The number of nitrogens with one attached hydrogen (secondary N) is 1. The number of hydrogen-bond acceptors (Lipinski definition) is 4. The molecule has 1 aromatic heterocycles. The van der Waals surface area contributed by atoms with Crippen LogP contribution < -0.4 is 5.32 Å². The van der Waals surface area contributed by atoms with E-state index in [0.29, 0.717) is 34.1 Å². The molecule has 1 unspecified atom stereocenters. The van der Waals surface area contributed by atoms with E-state index in [1.54, 1.807) is 50.2 Å². The van der Waals surface area contributed by atoms with Crippen LogP contribution in [0.5, 0.6) is 0 Å². The fourth-order valence-electron chi connectivity index (χ4n) is 3.54. The summed E-state index contributed by atoms with van der Waals surface area (Å²) in [4.78, 5) is 29.3. The third kappa shape index (κ3) is 5.59. The zero-order valence-corrected chi connectivity index (χ0v) is 19.5. The summed E-state index contributed by atoms with van der Waals surface area (Å²) in [5.74, 6) is -1.14. The monoisotopic (exact) mass is 472 g/mol. The molecular formula is C24H25ClN2O4S. The van der Waals surface area contributed by atoms with Crippen LogP contribution in [-0.2, 0) is 26.5 Å². The minimum Gasteiger partial charge on any atom is -0.611 e. The van der Waals surface area contributed by atoms with Crippen LogP contribution in [0.4, 0.5) is 5.69 Å². The van der Waals surface area contributed by atoms with E-state index < -0.39 is 22.6 Å². The summed E-state index contributed by atoms with van der Waals surface area (Å²) < 4.78 is 12.9. The molecule has 1 amide bonds. The molecule has 3 rings (SSSR count). The van der Waals surface area contributed by atoms with E-state index in [4.69, 9.17) is 11.6 Å². The summed E-state index contributed by atoms with van der Waals surface area (Å²) in [7, 11) is 0. The van der Waals surface area contributed by atoms with Gasteiger partial charge in [0.1, 0.15) is 0 Å². The number of carbonyl (C=O) groups excluding carboxylic acids is 1. The molecule has 3 aromatic rings. The van der Waals surface area contributed by atoms with Gasteiger partial charge in [0.05, 0.1) is 16.6 Å². The number of hydrogen-bond donors (Lipinski definition) is 2. The van der Waals surface area contributed by atoms with Gasteiger partial charge in [0.2, 0.25) is 5.91 Å². The second kappa shape index (κ2) is 10.3. The number of halogens is 1. The van der Waals surface area contributed by atoms with Gasteiger partial charge in [-0.2, -0.15) is 0 Å². The highest BCUT2D eigenvalue weighted by molar-refractivity contribution is 7.90. The van der Waals surface area contributed by atoms with Crippen molar-refractivity contribution in [2.75, 3.05) is 5.32 Å². The van der Waals surface area contributed by atoms with Crippen molar-refractivity contribution in [3.8, 4) is 0 Å². The Labute approximate surface area is 195 Å². The highest BCUT2D eigenvalue weighted by Gasteiger charge is 2.37. The Bertz CT molecular complexity index is 1130. The van der Waals surface area contributed by atoms with Crippen LogP contribution in [0.15, 0.2) is 59.5 Å². The first kappa shape index (κ1) is 24.0. The molecule has 6 nitrogen and oxygen atoms in total. The minimum atomic E-state index is -1.38. The Morgan fingerprint density at radius 3 is 2.53 bits per heavy atom. The maximum atomic E-state index is 12.9. The van der Waals surface area contributed by atoms with E-state index >= 15 is 0 Å². The summed E-state index contributed by atoms with van der Waals surface area (Å²) in [6.45, 7) is 3.53. The van der Waals surface area contributed by atoms with Crippen molar-refractivity contribution in [3.63, 3.8) is 0 Å². The quantitative estimate of drug-likeness (QED) is 0.405. The van der Waals surface area contributed by atoms with E-state index in [2.05, 4.69) is 10.3 Å². The first-order valence-electron chi connectivity index (χ1n) is 10.3. The zero-order valence-electron chi connectivity index (χ0n) is 17.9. The second-order valence-electron chi connectivity index (χ2n) is 7.67. The predicted octanol–water partition coefficient (Wildman–Crippen LogP) is 5.42. The normalized spacial score (nSPS) is 12.5. The molecule has 0 fully saturated rings. The van der Waals surface area contributed by atoms with Crippen LogP contribution in [0, 0.1) is 5.41 Å². The largest absolute Gasteiger partial charge is 0.611 e. The number of pyridine rings is 1. The van der Waals surface area contributed by atoms with E-state index in [-0.39, 0.29) is 18.1 Å². The summed E-state index contributed by atoms with van der Waals surface area (Å²) in [6, 6.07) is 16.0. The Morgan fingerprint density at radius 1 is 1.12 bits per heavy atom. The first-order valence-corrected chi connectivity index (χ1v) is 12.0. The van der Waals surface area contributed by atoms with Gasteiger partial charge in [0, 0.05) is 28.6 Å². The number of aromatic nitrogens is 1. The van der Waals surface area contributed by atoms with Gasteiger partial charge in [0.25, 0.3) is 0 Å². The van der Waals surface area contributed by atoms with Crippen LogP contribution in [0.2, 0.25) is 5.02 Å². The third-order valence-corrected chi connectivity index (χ3v) is 7.25. The van der Waals surface area contributed by atoms with E-state index in [0.717, 1.165) is 10.9 Å². The SMILES string of the molecule is CCC(CC)(CC(=O)Nc1cccc([S+]([O-])Cc2ccc3ccc(Cl)cc3n2)c1)C(=O)O. The Balaban J connectivity index is 1.71. The van der Waals surface area contributed by atoms with E-state index in [1.165, 1.54) is 0 Å². The molecule has 0 saturated heterocycles. The van der Waals surface area contributed by atoms with Crippen LogP contribution in [0.25, 0.3) is 10.9 Å². The number of benzene rings is 2. The van der Waals surface area contributed by atoms with Crippen LogP contribution in [0.1, 0.15) is 38.8 Å². The molecule has 0 aliphatic carbocycles. The molecule has 32 heavy (non-hydrogen) atoms. The fraction of sp³-hybridized carbons (Fsp3) is 0.292. The van der Waals surface area contributed by atoms with Gasteiger partial charge in [-0.25, -0.2) is 4.98 Å². The van der Waals surface area contributed by atoms with Gasteiger partial charge in [-0.05, 0) is 54.3 Å². The van der Waals surface area contributed by atoms with E-state index in [9.17, 15) is 19.2 Å². The second-order valence-corrected chi connectivity index (χ2v) is 9.56. The van der Waals surface area contributed by atoms with Crippen molar-refractivity contribution >= 4 is 51.2 Å². The number of rotatable bonds is 9. The molecule has 2 N–H and O–H groups in total. The molecule has 2 aromatic carbocycles. The number of amides is 1. The molecule has 0 saturated carbocycles. The average Bonchev–Trinajstić information content (AvgIpc) is 2.77. The summed E-state index contributed by atoms with van der Waals surface area (Å²) in [5, 5.41) is 13.8. The number of aliphatic carboxylic acids is 1. The van der Waals surface area contributed by atoms with Gasteiger partial charge in [-0.15, -0.1) is 0 Å². The molecule has 0 aliphatic rings. The Kier molecular flexibility index (Phi) is 7.77. The van der Waals surface area contributed by atoms with Gasteiger partial charge >= 0.3 is 5.97 Å². The molecular weight excluding hydrogens is 448 g/mol. The van der Waals surface area contributed by atoms with Gasteiger partial charge in [0.15, 0.2) is 10.6 Å². The first-order chi connectivity index (χ1) is 15.3. The summed E-state index contributed by atoms with van der Waals surface area (Å²) in [5.41, 5.74) is 0.798. The van der Waals surface area contributed by atoms with E-state index in [1.807, 2.05) is 18.2 Å². The lowest BCUT2D eigenvalue weighted by Crippen LogP contribution is -2.34. The lowest BCUT2D eigenvalue weighted by Gasteiger charge is -2.25. The lowest BCUT2D eigenvalue weighted by atomic mass is 9.79. The smallest absolute Gasteiger partial charge is 0.310 e. The maximum absolute atomic E-state index is 12.9. The number of carboxylic acids is 1. The molecule has 0 bridgehead atoms. The number of carboxylic acid groups (broad SMARTS) is 1. The van der Waals surface area contributed by atoms with Gasteiger partial charge in [-0.1, -0.05) is 43.6 Å². The summed E-state index contributed by atoms with van der Waals surface area (Å²) >= 11 is 4.66. The lowest BCUT2D eigenvalue weighted by molar-refractivity contribution is -0.151. The van der Waals surface area contributed by atoms with Crippen LogP contribution >= 0.6 is 11.6 Å². The minimum absolute atomic E-state index is 0.119. The number of anilines is 1. The highest BCUT2D eigenvalue weighted by Crippen LogP contribution is 2.31. The molecule has 0 radical (unpaired) electrons. The molecule has 168 valence electrons. The molecule has 8 heteroatoms. The van der Waals surface area contributed by atoms with Crippen molar-refractivity contribution < 1.29 is 19.2 Å². The van der Waals surface area contributed by atoms with Crippen molar-refractivity contribution in [1.82, 2.24) is 4.98 Å². The molecule has 0 spiro atoms. The summed E-state index contributed by atoms with van der Waals surface area (Å²) in [6.07, 6.45) is 0.604. The van der Waals surface area contributed by atoms with Crippen molar-refractivity contribution in [3.05, 3.63) is 65.3 Å². The maximum Gasteiger partial charge on any atom is 0.310 e. The molecule has 0 aliphatic heterocycles. The van der Waals surface area contributed by atoms with Gasteiger partial charge < -0.3 is 15.0 Å². The molecule has 1 atom stereocenters. The van der Waals surface area contributed by atoms with Crippen molar-refractivity contribution in [2.24, 2.45) is 5.41 Å². The fourth-order valence-corrected chi connectivity index (χ4v) is 4.79. The zero-order chi connectivity index (χ0) is 23.3. The standard InChI is InChI=1S/C24H25ClN2O4S/c1-3-24(4-2,23(29)30)14-22(28)27-18-6-5-7-20(13-18)32(31)15-19-11-9-16-8-10-17(25)12-21(16)26-19/h5-13H,3-4,14-15H2,1-2H3,(H,27,28)(H,29,30). The number of fused-ring (bicyclic) bond motifs is 1. The topological polar surface area (TPSA) is 102 Å². The highest BCUT2D eigenvalue weighted by atomic mass is 35.5. The predicted molar refractivity (Wildman–Crippen MR) is 127 cm³/mol. The average molecular weight is 473 g/mol. The van der Waals surface area contributed by atoms with Crippen molar-refractivity contribution in [2.45, 2.75) is 43.8 Å². The number of carbonyl (C=O) groups is 2. The van der Waals surface area contributed by atoms with Gasteiger partial charge in [-0.3, -0.25) is 9.59 Å². The molecule has 1 heterocycles.